The molecule has 0 heterocycles. The minimum Gasteiger partial charge on any atom is -0.389 e. The van der Waals surface area contributed by atoms with Crippen LogP contribution in [0.25, 0.3) is 0 Å². The van der Waals surface area contributed by atoms with Crippen LogP contribution in [0.15, 0.2) is 24.3 Å². The van der Waals surface area contributed by atoms with Crippen molar-refractivity contribution in [3.05, 3.63) is 35.4 Å². The summed E-state index contributed by atoms with van der Waals surface area (Å²) in [6.07, 6.45) is 3.73. The van der Waals surface area contributed by atoms with Crippen LogP contribution >= 0.6 is 0 Å². The highest BCUT2D eigenvalue weighted by molar-refractivity contribution is 5.77. The third kappa shape index (κ3) is 4.32. The van der Waals surface area contributed by atoms with Crippen LogP contribution < -0.4 is 5.32 Å². The highest BCUT2D eigenvalue weighted by Crippen LogP contribution is 2.32. The maximum absolute atomic E-state index is 11.9. The number of amides is 1. The zero-order chi connectivity index (χ0) is 14.4. The number of aliphatic hydroxyl groups is 1. The molecule has 1 fully saturated rings. The Kier molecular flexibility index (Phi) is 5.15. The van der Waals surface area contributed by atoms with Gasteiger partial charge < -0.3 is 15.2 Å². The smallest absolute Gasteiger partial charge is 0.223 e. The van der Waals surface area contributed by atoms with Gasteiger partial charge in [-0.25, -0.2) is 0 Å². The molecule has 0 aromatic heterocycles. The molecule has 1 amide bonds. The summed E-state index contributed by atoms with van der Waals surface area (Å²) >= 11 is 0. The van der Waals surface area contributed by atoms with Crippen molar-refractivity contribution in [3.8, 4) is 0 Å². The minimum atomic E-state index is -0.776. The molecule has 0 atom stereocenters. The Hall–Kier alpha value is -1.39. The fourth-order valence-corrected chi connectivity index (χ4v) is 2.77. The second-order valence-electron chi connectivity index (χ2n) is 5.64. The fourth-order valence-electron chi connectivity index (χ4n) is 2.77. The second kappa shape index (κ2) is 6.86. The summed E-state index contributed by atoms with van der Waals surface area (Å²) in [5.74, 6) is -0.0773. The second-order valence-corrected chi connectivity index (χ2v) is 5.64. The predicted molar refractivity (Wildman–Crippen MR) is 77.0 cm³/mol. The lowest BCUT2D eigenvalue weighted by Gasteiger charge is -2.21. The number of benzene rings is 1. The summed E-state index contributed by atoms with van der Waals surface area (Å²) in [6.45, 7) is 1.06. The summed E-state index contributed by atoms with van der Waals surface area (Å²) in [5, 5.41) is 13.1. The minimum absolute atomic E-state index is 0.0773. The van der Waals surface area contributed by atoms with E-state index >= 15 is 0 Å². The molecular formula is C16H23NO3. The van der Waals surface area contributed by atoms with E-state index in [1.807, 2.05) is 24.3 Å². The molecular weight excluding hydrogens is 254 g/mol. The zero-order valence-corrected chi connectivity index (χ0v) is 12.0. The van der Waals surface area contributed by atoms with Crippen LogP contribution in [-0.2, 0) is 22.7 Å². The summed E-state index contributed by atoms with van der Waals surface area (Å²) < 4.78 is 5.09. The Morgan fingerprint density at radius 1 is 1.35 bits per heavy atom. The van der Waals surface area contributed by atoms with Crippen molar-refractivity contribution in [2.75, 3.05) is 7.11 Å². The Morgan fingerprint density at radius 2 is 2.05 bits per heavy atom. The van der Waals surface area contributed by atoms with Crippen LogP contribution in [0, 0.1) is 0 Å². The molecule has 1 aliphatic rings. The molecule has 1 aromatic carbocycles. The molecule has 4 nitrogen and oxygen atoms in total. The van der Waals surface area contributed by atoms with Crippen molar-refractivity contribution < 1.29 is 14.6 Å². The van der Waals surface area contributed by atoms with Gasteiger partial charge in [0, 0.05) is 13.7 Å². The van der Waals surface area contributed by atoms with E-state index in [0.717, 1.165) is 36.8 Å². The quantitative estimate of drug-likeness (QED) is 0.837. The number of ether oxygens (including phenoxy) is 1. The number of nitrogens with one attached hydrogen (secondary N) is 1. The van der Waals surface area contributed by atoms with E-state index in [9.17, 15) is 9.90 Å². The van der Waals surface area contributed by atoms with Crippen LogP contribution in [0.5, 0.6) is 0 Å². The maximum Gasteiger partial charge on any atom is 0.223 e. The lowest BCUT2D eigenvalue weighted by molar-refractivity contribution is -0.126. The summed E-state index contributed by atoms with van der Waals surface area (Å²) in [4.78, 5) is 11.9. The van der Waals surface area contributed by atoms with E-state index in [1.165, 1.54) is 0 Å². The molecule has 0 saturated heterocycles. The topological polar surface area (TPSA) is 58.6 Å². The molecule has 2 N–H and O–H groups in total. The SMILES string of the molecule is COCc1cccc(CNC(=O)CC2(O)CCCC2)c1. The van der Waals surface area contributed by atoms with Gasteiger partial charge in [-0.15, -0.1) is 0 Å². The van der Waals surface area contributed by atoms with E-state index < -0.39 is 5.60 Å². The van der Waals surface area contributed by atoms with Gasteiger partial charge in [-0.1, -0.05) is 37.1 Å². The van der Waals surface area contributed by atoms with Crippen molar-refractivity contribution in [3.63, 3.8) is 0 Å². The van der Waals surface area contributed by atoms with Gasteiger partial charge in [-0.2, -0.15) is 0 Å². The van der Waals surface area contributed by atoms with E-state index in [-0.39, 0.29) is 12.3 Å². The van der Waals surface area contributed by atoms with Crippen LogP contribution in [0.2, 0.25) is 0 Å². The number of hydrogen-bond donors (Lipinski definition) is 2. The summed E-state index contributed by atoms with van der Waals surface area (Å²) in [5.41, 5.74) is 1.36. The van der Waals surface area contributed by atoms with Gasteiger partial charge in [0.25, 0.3) is 0 Å². The third-order valence-electron chi connectivity index (χ3n) is 3.82. The van der Waals surface area contributed by atoms with Crippen molar-refractivity contribution in [2.24, 2.45) is 0 Å². The van der Waals surface area contributed by atoms with E-state index in [0.29, 0.717) is 13.2 Å². The zero-order valence-electron chi connectivity index (χ0n) is 12.0. The normalized spacial score (nSPS) is 17.1. The van der Waals surface area contributed by atoms with Crippen molar-refractivity contribution in [2.45, 2.75) is 50.9 Å². The molecule has 1 aliphatic carbocycles. The molecule has 2 rings (SSSR count). The van der Waals surface area contributed by atoms with Gasteiger partial charge in [-0.3, -0.25) is 4.79 Å². The third-order valence-corrected chi connectivity index (χ3v) is 3.82. The lowest BCUT2D eigenvalue weighted by atomic mass is 9.97. The van der Waals surface area contributed by atoms with Crippen LogP contribution in [0.3, 0.4) is 0 Å². The number of carbonyl (C=O) groups is 1. The average Bonchev–Trinajstić information content (AvgIpc) is 2.84. The molecule has 1 aromatic rings. The molecule has 0 radical (unpaired) electrons. The molecule has 0 aliphatic heterocycles. The number of hydrogen-bond acceptors (Lipinski definition) is 3. The molecule has 0 bridgehead atoms. The van der Waals surface area contributed by atoms with Crippen LogP contribution in [0.4, 0.5) is 0 Å². The molecule has 4 heteroatoms. The van der Waals surface area contributed by atoms with Gasteiger partial charge in [-0.05, 0) is 24.0 Å². The lowest BCUT2D eigenvalue weighted by Crippen LogP contribution is -2.34. The Balaban J connectivity index is 1.82. The van der Waals surface area contributed by atoms with E-state index in [4.69, 9.17) is 4.74 Å². The largest absolute Gasteiger partial charge is 0.389 e. The van der Waals surface area contributed by atoms with E-state index in [2.05, 4.69) is 5.32 Å². The molecule has 20 heavy (non-hydrogen) atoms. The molecule has 0 unspecified atom stereocenters. The number of carbonyl (C=O) groups excluding carboxylic acids is 1. The fraction of sp³-hybridized carbons (Fsp3) is 0.562. The van der Waals surface area contributed by atoms with Crippen molar-refractivity contribution in [1.82, 2.24) is 5.32 Å². The predicted octanol–water partition coefficient (Wildman–Crippen LogP) is 2.14. The highest BCUT2D eigenvalue weighted by atomic mass is 16.5. The Morgan fingerprint density at radius 3 is 2.75 bits per heavy atom. The van der Waals surface area contributed by atoms with E-state index in [1.54, 1.807) is 7.11 Å². The Labute approximate surface area is 120 Å². The average molecular weight is 277 g/mol. The Bertz CT molecular complexity index is 453. The van der Waals surface area contributed by atoms with Gasteiger partial charge in [0.05, 0.1) is 18.6 Å². The van der Waals surface area contributed by atoms with Gasteiger partial charge in [0.2, 0.25) is 5.91 Å². The van der Waals surface area contributed by atoms with Gasteiger partial charge in [0.1, 0.15) is 0 Å². The van der Waals surface area contributed by atoms with Gasteiger partial charge >= 0.3 is 0 Å². The molecule has 110 valence electrons. The van der Waals surface area contributed by atoms with Crippen LogP contribution in [0.1, 0.15) is 43.2 Å². The monoisotopic (exact) mass is 277 g/mol. The first-order valence-corrected chi connectivity index (χ1v) is 7.17. The first-order valence-electron chi connectivity index (χ1n) is 7.17. The first-order chi connectivity index (χ1) is 9.61. The van der Waals surface area contributed by atoms with Crippen LogP contribution in [-0.4, -0.2) is 23.7 Å². The number of rotatable bonds is 6. The van der Waals surface area contributed by atoms with Crippen molar-refractivity contribution in [1.29, 1.82) is 0 Å². The first kappa shape index (κ1) is 15.0. The van der Waals surface area contributed by atoms with Gasteiger partial charge in [0.15, 0.2) is 0 Å². The molecule has 1 saturated carbocycles. The molecule has 0 spiro atoms. The number of methoxy groups -OCH3 is 1. The standard InChI is InChI=1S/C16H23NO3/c1-20-12-14-6-4-5-13(9-14)11-17-15(18)10-16(19)7-2-3-8-16/h4-6,9,19H,2-3,7-8,10-12H2,1H3,(H,17,18). The van der Waals surface area contributed by atoms with Crippen molar-refractivity contribution >= 4 is 5.91 Å². The highest BCUT2D eigenvalue weighted by Gasteiger charge is 2.33. The maximum atomic E-state index is 11.9. The summed E-state index contributed by atoms with van der Waals surface area (Å²) in [7, 11) is 1.66. The summed E-state index contributed by atoms with van der Waals surface area (Å²) in [6, 6.07) is 7.95.